The van der Waals surface area contributed by atoms with Crippen LogP contribution in [0.5, 0.6) is 11.5 Å². The van der Waals surface area contributed by atoms with Crippen molar-refractivity contribution in [3.05, 3.63) is 57.6 Å². The third kappa shape index (κ3) is 9.43. The van der Waals surface area contributed by atoms with Crippen molar-refractivity contribution in [2.45, 2.75) is 124 Å². The van der Waals surface area contributed by atoms with Gasteiger partial charge >= 0.3 is 0 Å². The minimum absolute atomic E-state index is 0.375. The van der Waals surface area contributed by atoms with E-state index in [2.05, 4.69) is 38.1 Å². The molecular weight excluding hydrogens is 404 g/mol. The zero-order valence-corrected chi connectivity index (χ0v) is 21.8. The summed E-state index contributed by atoms with van der Waals surface area (Å²) in [6.45, 7) is 8.49. The number of aromatic hydroxyl groups is 2. The summed E-state index contributed by atoms with van der Waals surface area (Å²) in [5.41, 5.74) is 6.34. The van der Waals surface area contributed by atoms with Crippen molar-refractivity contribution >= 4 is 0 Å². The first-order valence-electron chi connectivity index (χ1n) is 13.6. The van der Waals surface area contributed by atoms with Crippen molar-refractivity contribution in [2.75, 3.05) is 0 Å². The highest BCUT2D eigenvalue weighted by Crippen LogP contribution is 2.32. The number of hydrogen-bond donors (Lipinski definition) is 2. The summed E-state index contributed by atoms with van der Waals surface area (Å²) in [5.74, 6) is 0.750. The molecule has 0 unspecified atom stereocenters. The van der Waals surface area contributed by atoms with E-state index in [1.54, 1.807) is 0 Å². The van der Waals surface area contributed by atoms with E-state index >= 15 is 0 Å². The van der Waals surface area contributed by atoms with Gasteiger partial charge in [0.2, 0.25) is 0 Å². The van der Waals surface area contributed by atoms with Gasteiger partial charge in [0.25, 0.3) is 0 Å². The van der Waals surface area contributed by atoms with Crippen LogP contribution in [0.2, 0.25) is 0 Å². The highest BCUT2D eigenvalue weighted by atomic mass is 16.3. The van der Waals surface area contributed by atoms with Crippen molar-refractivity contribution in [1.29, 1.82) is 0 Å². The van der Waals surface area contributed by atoms with Gasteiger partial charge in [-0.3, -0.25) is 0 Å². The number of phenols is 2. The van der Waals surface area contributed by atoms with Crippen LogP contribution in [-0.2, 0) is 19.3 Å². The van der Waals surface area contributed by atoms with E-state index in [0.29, 0.717) is 17.9 Å². The Kier molecular flexibility index (Phi) is 12.4. The Labute approximate surface area is 203 Å². The summed E-state index contributed by atoms with van der Waals surface area (Å²) in [6, 6.07) is 8.57. The molecule has 2 aromatic carbocycles. The molecule has 2 heteroatoms. The second-order valence-corrected chi connectivity index (χ2v) is 10.1. The summed E-state index contributed by atoms with van der Waals surface area (Å²) in [7, 11) is 0. The van der Waals surface area contributed by atoms with Gasteiger partial charge in [-0.15, -0.1) is 0 Å². The van der Waals surface area contributed by atoms with Crippen molar-refractivity contribution in [2.24, 2.45) is 0 Å². The molecule has 0 aliphatic heterocycles. The van der Waals surface area contributed by atoms with Crippen LogP contribution in [0.4, 0.5) is 0 Å². The largest absolute Gasteiger partial charge is 0.507 e. The summed E-state index contributed by atoms with van der Waals surface area (Å²) in [4.78, 5) is 0. The second kappa shape index (κ2) is 15.0. The summed E-state index contributed by atoms with van der Waals surface area (Å²) in [6.07, 6.45) is 18.2. The lowest BCUT2D eigenvalue weighted by molar-refractivity contribution is 0.458. The highest BCUT2D eigenvalue weighted by Gasteiger charge is 2.13. The molecule has 2 N–H and O–H groups in total. The molecule has 0 aliphatic carbocycles. The minimum atomic E-state index is 0.375. The Bertz CT molecular complexity index is 768. The van der Waals surface area contributed by atoms with Gasteiger partial charge < -0.3 is 10.2 Å². The van der Waals surface area contributed by atoms with Gasteiger partial charge in [-0.1, -0.05) is 102 Å². The Morgan fingerprint density at radius 3 is 1.27 bits per heavy atom. The smallest absolute Gasteiger partial charge is 0.122 e. The third-order valence-electron chi connectivity index (χ3n) is 6.90. The predicted molar refractivity (Wildman–Crippen MR) is 143 cm³/mol. The molecule has 0 heterocycles. The minimum Gasteiger partial charge on any atom is -0.507 e. The molecule has 2 rings (SSSR count). The van der Waals surface area contributed by atoms with E-state index < -0.39 is 0 Å². The van der Waals surface area contributed by atoms with Gasteiger partial charge in [0.05, 0.1) is 0 Å². The van der Waals surface area contributed by atoms with Gasteiger partial charge in [-0.05, 0) is 72.9 Å². The van der Waals surface area contributed by atoms with Crippen LogP contribution in [0.15, 0.2) is 24.3 Å². The van der Waals surface area contributed by atoms with E-state index in [0.717, 1.165) is 35.1 Å². The Morgan fingerprint density at radius 1 is 0.515 bits per heavy atom. The third-order valence-corrected chi connectivity index (χ3v) is 6.90. The molecule has 0 fully saturated rings. The SMILES string of the molecule is CCCCCCCCc1cc(C)c(O)c(Cc2cc(CCCCCCCC)cc(C)c2O)c1. The van der Waals surface area contributed by atoms with Gasteiger partial charge in [-0.25, -0.2) is 0 Å². The number of unbranched alkanes of at least 4 members (excludes halogenated alkanes) is 10. The van der Waals surface area contributed by atoms with Crippen LogP contribution in [0, 0.1) is 13.8 Å². The van der Waals surface area contributed by atoms with Crippen LogP contribution >= 0.6 is 0 Å². The summed E-state index contributed by atoms with van der Waals surface area (Å²) in [5, 5.41) is 21.5. The Hall–Kier alpha value is -1.96. The fourth-order valence-electron chi connectivity index (χ4n) is 4.85. The molecule has 2 aromatic rings. The summed E-state index contributed by atoms with van der Waals surface area (Å²) >= 11 is 0. The van der Waals surface area contributed by atoms with Gasteiger partial charge in [0.1, 0.15) is 11.5 Å². The molecule has 0 bridgehead atoms. The maximum atomic E-state index is 10.7. The highest BCUT2D eigenvalue weighted by molar-refractivity contribution is 5.50. The molecule has 0 radical (unpaired) electrons. The first-order valence-corrected chi connectivity index (χ1v) is 13.6. The lowest BCUT2D eigenvalue weighted by atomic mass is 9.93. The standard InChI is InChI=1S/C31H48O2/c1-5-7-9-11-13-15-17-26-19-24(3)30(32)28(21-26)23-29-22-27(20-25(4)31(29)33)18-16-14-12-10-8-6-2/h19-22,32-33H,5-18,23H2,1-4H3. The van der Waals surface area contributed by atoms with Crippen molar-refractivity contribution in [3.8, 4) is 11.5 Å². The van der Waals surface area contributed by atoms with Crippen LogP contribution in [-0.4, -0.2) is 10.2 Å². The molecule has 0 saturated carbocycles. The molecule has 184 valence electrons. The number of aryl methyl sites for hydroxylation is 4. The molecule has 33 heavy (non-hydrogen) atoms. The average Bonchev–Trinajstić information content (AvgIpc) is 2.79. The molecule has 0 saturated heterocycles. The van der Waals surface area contributed by atoms with Crippen LogP contribution in [0.1, 0.15) is 124 Å². The second-order valence-electron chi connectivity index (χ2n) is 10.1. The first kappa shape index (κ1) is 27.3. The topological polar surface area (TPSA) is 40.5 Å². The lowest BCUT2D eigenvalue weighted by Crippen LogP contribution is -1.98. The average molecular weight is 453 g/mol. The monoisotopic (exact) mass is 452 g/mol. The van der Waals surface area contributed by atoms with Gasteiger partial charge in [0.15, 0.2) is 0 Å². The van der Waals surface area contributed by atoms with E-state index in [9.17, 15) is 10.2 Å². The van der Waals surface area contributed by atoms with Crippen LogP contribution < -0.4 is 0 Å². The van der Waals surface area contributed by atoms with Gasteiger partial charge in [0, 0.05) is 6.42 Å². The molecule has 0 spiro atoms. The van der Waals surface area contributed by atoms with E-state index in [-0.39, 0.29) is 0 Å². The van der Waals surface area contributed by atoms with E-state index in [1.807, 2.05) is 13.8 Å². The molecule has 0 amide bonds. The molecule has 2 nitrogen and oxygen atoms in total. The molecule has 0 aliphatic rings. The Balaban J connectivity index is 2.04. The van der Waals surface area contributed by atoms with Crippen molar-refractivity contribution in [1.82, 2.24) is 0 Å². The fourth-order valence-corrected chi connectivity index (χ4v) is 4.85. The predicted octanol–water partition coefficient (Wildman–Crippen LogP) is 9.11. The fraction of sp³-hybridized carbons (Fsp3) is 0.613. The normalized spacial score (nSPS) is 11.3. The van der Waals surface area contributed by atoms with E-state index in [4.69, 9.17) is 0 Å². The quantitative estimate of drug-likeness (QED) is 0.249. The van der Waals surface area contributed by atoms with Gasteiger partial charge in [-0.2, -0.15) is 0 Å². The van der Waals surface area contributed by atoms with E-state index in [1.165, 1.54) is 88.2 Å². The zero-order valence-electron chi connectivity index (χ0n) is 21.8. The zero-order chi connectivity index (χ0) is 24.1. The summed E-state index contributed by atoms with van der Waals surface area (Å²) < 4.78 is 0. The Morgan fingerprint density at radius 2 is 0.879 bits per heavy atom. The molecule has 0 aromatic heterocycles. The van der Waals surface area contributed by atoms with Crippen molar-refractivity contribution in [3.63, 3.8) is 0 Å². The number of rotatable bonds is 16. The maximum Gasteiger partial charge on any atom is 0.122 e. The molecule has 0 atom stereocenters. The first-order chi connectivity index (χ1) is 16.0. The lowest BCUT2D eigenvalue weighted by Gasteiger charge is -2.15. The maximum absolute atomic E-state index is 10.7. The number of benzene rings is 2. The molecular formula is C31H48O2. The van der Waals surface area contributed by atoms with Crippen LogP contribution in [0.25, 0.3) is 0 Å². The van der Waals surface area contributed by atoms with Crippen molar-refractivity contribution < 1.29 is 10.2 Å². The van der Waals surface area contributed by atoms with Crippen LogP contribution in [0.3, 0.4) is 0 Å². The number of phenolic OH excluding ortho intramolecular Hbond substituents is 2. The number of hydrogen-bond acceptors (Lipinski definition) is 2.